The molecule has 0 aliphatic heterocycles. The van der Waals surface area contributed by atoms with Gasteiger partial charge < -0.3 is 5.32 Å². The summed E-state index contributed by atoms with van der Waals surface area (Å²) in [6, 6.07) is 6.52. The van der Waals surface area contributed by atoms with Gasteiger partial charge in [0.15, 0.2) is 0 Å². The summed E-state index contributed by atoms with van der Waals surface area (Å²) in [6.45, 7) is 1.66. The first-order valence-corrected chi connectivity index (χ1v) is 7.87. The van der Waals surface area contributed by atoms with E-state index in [1.807, 2.05) is 6.07 Å². The van der Waals surface area contributed by atoms with E-state index in [9.17, 15) is 13.2 Å². The van der Waals surface area contributed by atoms with E-state index in [4.69, 9.17) is 0 Å². The number of halogens is 1. The molecule has 0 saturated carbocycles. The average molecular weight is 320 g/mol. The van der Waals surface area contributed by atoms with Crippen LogP contribution in [0.1, 0.15) is 17.3 Å². The maximum atomic E-state index is 11.8. The molecule has 17 heavy (non-hydrogen) atoms. The van der Waals surface area contributed by atoms with E-state index in [1.54, 1.807) is 25.1 Å². The zero-order valence-electron chi connectivity index (χ0n) is 9.60. The van der Waals surface area contributed by atoms with Crippen LogP contribution in [0, 0.1) is 0 Å². The van der Waals surface area contributed by atoms with Crippen LogP contribution in [0.15, 0.2) is 28.7 Å². The van der Waals surface area contributed by atoms with Gasteiger partial charge >= 0.3 is 0 Å². The third-order valence-corrected chi connectivity index (χ3v) is 3.62. The van der Waals surface area contributed by atoms with E-state index in [2.05, 4.69) is 21.2 Å². The summed E-state index contributed by atoms with van der Waals surface area (Å²) >= 11 is 3.27. The molecule has 0 aliphatic carbocycles. The zero-order valence-corrected chi connectivity index (χ0v) is 12.0. The number of hydrogen-bond donors (Lipinski definition) is 1. The summed E-state index contributed by atoms with van der Waals surface area (Å²) in [5.74, 6) is -0.338. The highest BCUT2D eigenvalue weighted by Gasteiger charge is 2.14. The van der Waals surface area contributed by atoms with Gasteiger partial charge in [0.1, 0.15) is 9.84 Å². The summed E-state index contributed by atoms with van der Waals surface area (Å²) < 4.78 is 22.9. The molecule has 6 heteroatoms. The van der Waals surface area contributed by atoms with Gasteiger partial charge in [-0.3, -0.25) is 4.79 Å². The van der Waals surface area contributed by atoms with Crippen molar-refractivity contribution in [2.24, 2.45) is 0 Å². The summed E-state index contributed by atoms with van der Waals surface area (Å²) in [5.41, 5.74) is 0.500. The summed E-state index contributed by atoms with van der Waals surface area (Å²) in [6.07, 6.45) is 1.15. The van der Waals surface area contributed by atoms with Crippen LogP contribution in [0.25, 0.3) is 0 Å². The van der Waals surface area contributed by atoms with Crippen molar-refractivity contribution in [1.82, 2.24) is 5.32 Å². The first-order valence-electron chi connectivity index (χ1n) is 5.02. The molecule has 1 aromatic carbocycles. The number of carbonyl (C=O) groups is 1. The van der Waals surface area contributed by atoms with E-state index >= 15 is 0 Å². The average Bonchev–Trinajstić information content (AvgIpc) is 2.14. The highest BCUT2D eigenvalue weighted by atomic mass is 79.9. The van der Waals surface area contributed by atoms with Gasteiger partial charge in [0.05, 0.1) is 5.75 Å². The van der Waals surface area contributed by atoms with Crippen molar-refractivity contribution in [2.75, 3.05) is 12.0 Å². The molecule has 1 amide bonds. The van der Waals surface area contributed by atoms with Gasteiger partial charge in [-0.1, -0.05) is 22.0 Å². The lowest BCUT2D eigenvalue weighted by molar-refractivity contribution is 0.0943. The molecule has 1 atom stereocenters. The maximum absolute atomic E-state index is 11.8. The topological polar surface area (TPSA) is 63.2 Å². The van der Waals surface area contributed by atoms with E-state index in [0.717, 1.165) is 10.7 Å². The number of hydrogen-bond acceptors (Lipinski definition) is 3. The minimum atomic E-state index is -3.08. The van der Waals surface area contributed by atoms with Gasteiger partial charge in [-0.15, -0.1) is 0 Å². The van der Waals surface area contributed by atoms with Gasteiger partial charge in [0.2, 0.25) is 0 Å². The lowest BCUT2D eigenvalue weighted by Crippen LogP contribution is -2.37. The zero-order chi connectivity index (χ0) is 13.1. The smallest absolute Gasteiger partial charge is 0.251 e. The Morgan fingerprint density at radius 2 is 2.12 bits per heavy atom. The minimum absolute atomic E-state index is 0.0628. The van der Waals surface area contributed by atoms with Gasteiger partial charge in [0, 0.05) is 22.3 Å². The molecule has 4 nitrogen and oxygen atoms in total. The fourth-order valence-electron chi connectivity index (χ4n) is 1.43. The molecule has 0 radical (unpaired) electrons. The second-order valence-electron chi connectivity index (χ2n) is 3.98. The third-order valence-electron chi connectivity index (χ3n) is 2.02. The van der Waals surface area contributed by atoms with Crippen LogP contribution in [0.2, 0.25) is 0 Å². The van der Waals surface area contributed by atoms with E-state index < -0.39 is 15.9 Å². The Morgan fingerprint density at radius 3 is 2.65 bits per heavy atom. The summed E-state index contributed by atoms with van der Waals surface area (Å²) in [4.78, 5) is 11.8. The predicted molar refractivity (Wildman–Crippen MR) is 70.8 cm³/mol. The Labute approximate surface area is 109 Å². The highest BCUT2D eigenvalue weighted by molar-refractivity contribution is 9.10. The molecule has 0 heterocycles. The first kappa shape index (κ1) is 14.2. The number of sulfone groups is 1. The van der Waals surface area contributed by atoms with Crippen molar-refractivity contribution in [1.29, 1.82) is 0 Å². The van der Waals surface area contributed by atoms with E-state index in [1.165, 1.54) is 0 Å². The van der Waals surface area contributed by atoms with Crippen LogP contribution in [0.4, 0.5) is 0 Å². The first-order chi connectivity index (χ1) is 7.78. The Balaban J connectivity index is 2.67. The number of benzene rings is 1. The molecule has 0 fully saturated rings. The number of amides is 1. The third kappa shape index (κ3) is 5.32. The summed E-state index contributed by atoms with van der Waals surface area (Å²) in [7, 11) is -3.08. The second kappa shape index (κ2) is 5.64. The van der Waals surface area contributed by atoms with Crippen LogP contribution in [0.5, 0.6) is 0 Å². The lowest BCUT2D eigenvalue weighted by Gasteiger charge is -2.12. The minimum Gasteiger partial charge on any atom is -0.349 e. The van der Waals surface area contributed by atoms with Gasteiger partial charge in [-0.2, -0.15) is 0 Å². The Morgan fingerprint density at radius 1 is 1.47 bits per heavy atom. The van der Waals surface area contributed by atoms with Gasteiger partial charge in [-0.25, -0.2) is 8.42 Å². The highest BCUT2D eigenvalue weighted by Crippen LogP contribution is 2.11. The molecule has 0 saturated heterocycles. The normalized spacial score (nSPS) is 13.1. The van der Waals surface area contributed by atoms with Crippen molar-refractivity contribution in [3.8, 4) is 0 Å². The molecule has 0 aliphatic rings. The fraction of sp³-hybridized carbons (Fsp3) is 0.364. The fourth-order valence-corrected chi connectivity index (χ4v) is 2.82. The number of nitrogens with one attached hydrogen (secondary N) is 1. The molecule has 1 aromatic rings. The predicted octanol–water partition coefficient (Wildman–Crippen LogP) is 1.61. The standard InChI is InChI=1S/C11H14BrNO3S/c1-8(7-17(2,15)16)13-11(14)9-4-3-5-10(12)6-9/h3-6,8H,7H2,1-2H3,(H,13,14). The monoisotopic (exact) mass is 319 g/mol. The quantitative estimate of drug-likeness (QED) is 0.917. The molecular formula is C11H14BrNO3S. The maximum Gasteiger partial charge on any atom is 0.251 e. The molecule has 0 aromatic heterocycles. The molecule has 1 N–H and O–H groups in total. The van der Waals surface area contributed by atoms with Crippen LogP contribution < -0.4 is 5.32 Å². The molecular weight excluding hydrogens is 306 g/mol. The van der Waals surface area contributed by atoms with Gasteiger partial charge in [-0.05, 0) is 25.1 Å². The van der Waals surface area contributed by atoms with Gasteiger partial charge in [0.25, 0.3) is 5.91 Å². The van der Waals surface area contributed by atoms with E-state index in [-0.39, 0.29) is 11.7 Å². The SMILES string of the molecule is CC(CS(C)(=O)=O)NC(=O)c1cccc(Br)c1. The lowest BCUT2D eigenvalue weighted by atomic mass is 10.2. The van der Waals surface area contributed by atoms with Crippen LogP contribution in [-0.2, 0) is 9.84 Å². The molecule has 0 spiro atoms. The van der Waals surface area contributed by atoms with Crippen molar-refractivity contribution >= 4 is 31.7 Å². The molecule has 0 bridgehead atoms. The number of rotatable bonds is 4. The van der Waals surface area contributed by atoms with Crippen molar-refractivity contribution in [3.63, 3.8) is 0 Å². The van der Waals surface area contributed by atoms with Crippen molar-refractivity contribution < 1.29 is 13.2 Å². The van der Waals surface area contributed by atoms with Crippen LogP contribution in [-0.4, -0.2) is 32.4 Å². The van der Waals surface area contributed by atoms with Crippen molar-refractivity contribution in [2.45, 2.75) is 13.0 Å². The largest absolute Gasteiger partial charge is 0.349 e. The Bertz CT molecular complexity index is 513. The van der Waals surface area contributed by atoms with Crippen molar-refractivity contribution in [3.05, 3.63) is 34.3 Å². The Hall–Kier alpha value is -0.880. The molecule has 94 valence electrons. The summed E-state index contributed by atoms with van der Waals surface area (Å²) in [5, 5.41) is 2.64. The van der Waals surface area contributed by atoms with Crippen LogP contribution >= 0.6 is 15.9 Å². The molecule has 1 unspecified atom stereocenters. The Kier molecular flexibility index (Phi) is 4.70. The number of carbonyl (C=O) groups excluding carboxylic acids is 1. The second-order valence-corrected chi connectivity index (χ2v) is 7.08. The van der Waals surface area contributed by atoms with E-state index in [0.29, 0.717) is 5.56 Å². The van der Waals surface area contributed by atoms with Crippen LogP contribution in [0.3, 0.4) is 0 Å². The molecule has 1 rings (SSSR count).